The Morgan fingerprint density at radius 2 is 2.06 bits per heavy atom. The molecule has 4 heteroatoms. The van der Waals surface area contributed by atoms with Crippen molar-refractivity contribution in [2.45, 2.75) is 32.9 Å². The predicted molar refractivity (Wildman–Crippen MR) is 70.7 cm³/mol. The molecule has 0 amide bonds. The van der Waals surface area contributed by atoms with Crippen molar-refractivity contribution in [3.8, 4) is 0 Å². The fourth-order valence-corrected chi connectivity index (χ4v) is 2.15. The van der Waals surface area contributed by atoms with Crippen LogP contribution in [0.3, 0.4) is 0 Å². The van der Waals surface area contributed by atoms with Gasteiger partial charge in [-0.2, -0.15) is 0 Å². The number of ether oxygens (including phenoxy) is 1. The van der Waals surface area contributed by atoms with Gasteiger partial charge in [-0.3, -0.25) is 0 Å². The first kappa shape index (κ1) is 13.9. The largest absolute Gasteiger partial charge is 0.383 e. The Labute approximate surface area is 104 Å². The molecular formula is C13H23N3O. The molecule has 1 aromatic rings. The lowest BCUT2D eigenvalue weighted by molar-refractivity contribution is -0.0100. The van der Waals surface area contributed by atoms with Crippen LogP contribution in [-0.2, 0) is 4.74 Å². The highest BCUT2D eigenvalue weighted by atomic mass is 16.5. The average Bonchev–Trinajstić information content (AvgIpc) is 2.25. The summed E-state index contributed by atoms with van der Waals surface area (Å²) in [4.78, 5) is 4.13. The summed E-state index contributed by atoms with van der Waals surface area (Å²) in [7, 11) is 3.64. The van der Waals surface area contributed by atoms with Crippen LogP contribution in [0, 0.1) is 5.41 Å². The molecule has 0 spiro atoms. The number of nitrogen functional groups attached to an aromatic ring is 1. The number of hydrogen-bond acceptors (Lipinski definition) is 4. The van der Waals surface area contributed by atoms with Gasteiger partial charge in [0.05, 0.1) is 12.1 Å². The van der Waals surface area contributed by atoms with Crippen LogP contribution in [0.5, 0.6) is 0 Å². The summed E-state index contributed by atoms with van der Waals surface area (Å²) >= 11 is 0. The van der Waals surface area contributed by atoms with E-state index in [1.54, 1.807) is 13.3 Å². The first-order valence-electron chi connectivity index (χ1n) is 5.82. The number of aromatic nitrogens is 1. The van der Waals surface area contributed by atoms with Gasteiger partial charge in [0.1, 0.15) is 5.82 Å². The van der Waals surface area contributed by atoms with E-state index in [2.05, 4.69) is 31.1 Å². The molecule has 0 aliphatic carbocycles. The van der Waals surface area contributed by atoms with Crippen molar-refractivity contribution in [3.63, 3.8) is 0 Å². The lowest BCUT2D eigenvalue weighted by atomic mass is 9.82. The number of nitrogens with two attached hydrogens (primary N) is 1. The molecule has 0 bridgehead atoms. The topological polar surface area (TPSA) is 60.2 Å². The van der Waals surface area contributed by atoms with Gasteiger partial charge in [-0.1, -0.05) is 26.8 Å². The first-order valence-corrected chi connectivity index (χ1v) is 5.82. The fraction of sp³-hybridized carbons (Fsp3) is 0.615. The highest BCUT2D eigenvalue weighted by Crippen LogP contribution is 2.33. The molecule has 1 heterocycles. The molecule has 3 N–H and O–H groups in total. The maximum Gasteiger partial charge on any atom is 0.128 e. The fourth-order valence-electron chi connectivity index (χ4n) is 2.15. The van der Waals surface area contributed by atoms with Gasteiger partial charge in [-0.05, 0) is 18.5 Å². The van der Waals surface area contributed by atoms with Crippen molar-refractivity contribution in [3.05, 3.63) is 23.9 Å². The number of anilines is 1. The lowest BCUT2D eigenvalue weighted by Gasteiger charge is -2.36. The van der Waals surface area contributed by atoms with Crippen LogP contribution in [0.4, 0.5) is 5.82 Å². The molecule has 0 aliphatic heterocycles. The van der Waals surface area contributed by atoms with Crippen molar-refractivity contribution < 1.29 is 4.74 Å². The molecule has 0 aliphatic rings. The third kappa shape index (κ3) is 3.17. The molecule has 4 nitrogen and oxygen atoms in total. The SMILES string of the molecule is CNC(c1cccnc1N)C(OC)C(C)(C)C. The summed E-state index contributed by atoms with van der Waals surface area (Å²) in [5.41, 5.74) is 6.93. The summed E-state index contributed by atoms with van der Waals surface area (Å²) in [5.74, 6) is 0.554. The number of rotatable bonds is 4. The molecule has 0 aromatic carbocycles. The maximum atomic E-state index is 5.93. The van der Waals surface area contributed by atoms with Crippen molar-refractivity contribution in [1.82, 2.24) is 10.3 Å². The molecule has 0 saturated carbocycles. The van der Waals surface area contributed by atoms with E-state index in [9.17, 15) is 0 Å². The van der Waals surface area contributed by atoms with Gasteiger partial charge in [0.2, 0.25) is 0 Å². The minimum Gasteiger partial charge on any atom is -0.383 e. The molecular weight excluding hydrogens is 214 g/mol. The molecule has 2 atom stereocenters. The second-order valence-electron chi connectivity index (χ2n) is 5.27. The van der Waals surface area contributed by atoms with Crippen LogP contribution < -0.4 is 11.1 Å². The first-order chi connectivity index (χ1) is 7.91. The monoisotopic (exact) mass is 237 g/mol. The van der Waals surface area contributed by atoms with Crippen LogP contribution >= 0.6 is 0 Å². The summed E-state index contributed by atoms with van der Waals surface area (Å²) in [6, 6.07) is 3.92. The van der Waals surface area contributed by atoms with E-state index < -0.39 is 0 Å². The maximum absolute atomic E-state index is 5.93. The molecule has 2 unspecified atom stereocenters. The normalized spacial score (nSPS) is 15.6. The third-order valence-electron chi connectivity index (χ3n) is 2.93. The number of nitrogens with one attached hydrogen (secondary N) is 1. The number of likely N-dealkylation sites (N-methyl/N-ethyl adjacent to an activating group) is 1. The zero-order valence-corrected chi connectivity index (χ0v) is 11.3. The van der Waals surface area contributed by atoms with E-state index >= 15 is 0 Å². The Hall–Kier alpha value is -1.13. The van der Waals surface area contributed by atoms with Gasteiger partial charge < -0.3 is 15.8 Å². The predicted octanol–water partition coefficient (Wildman–Crippen LogP) is 1.99. The van der Waals surface area contributed by atoms with Crippen LogP contribution in [0.2, 0.25) is 0 Å². The van der Waals surface area contributed by atoms with E-state index in [0.717, 1.165) is 5.56 Å². The number of methoxy groups -OCH3 is 1. The number of hydrogen-bond donors (Lipinski definition) is 2. The van der Waals surface area contributed by atoms with E-state index in [-0.39, 0.29) is 17.6 Å². The van der Waals surface area contributed by atoms with Crippen molar-refractivity contribution in [2.75, 3.05) is 19.9 Å². The van der Waals surface area contributed by atoms with Crippen LogP contribution in [0.15, 0.2) is 18.3 Å². The second kappa shape index (κ2) is 5.47. The lowest BCUT2D eigenvalue weighted by Crippen LogP contribution is -2.40. The average molecular weight is 237 g/mol. The van der Waals surface area contributed by atoms with E-state index in [1.165, 1.54) is 0 Å². The van der Waals surface area contributed by atoms with Crippen LogP contribution in [0.1, 0.15) is 32.4 Å². The van der Waals surface area contributed by atoms with Crippen molar-refractivity contribution >= 4 is 5.82 Å². The van der Waals surface area contributed by atoms with Gasteiger partial charge in [0.25, 0.3) is 0 Å². The van der Waals surface area contributed by atoms with Gasteiger partial charge in [-0.15, -0.1) is 0 Å². The molecule has 17 heavy (non-hydrogen) atoms. The molecule has 0 fully saturated rings. The van der Waals surface area contributed by atoms with Gasteiger partial charge in [-0.25, -0.2) is 4.98 Å². The highest BCUT2D eigenvalue weighted by Gasteiger charge is 2.33. The Bertz CT molecular complexity index is 360. The summed E-state index contributed by atoms with van der Waals surface area (Å²) in [6.07, 6.45) is 1.73. The van der Waals surface area contributed by atoms with Gasteiger partial charge >= 0.3 is 0 Å². The van der Waals surface area contributed by atoms with E-state index in [1.807, 2.05) is 19.2 Å². The van der Waals surface area contributed by atoms with Crippen molar-refractivity contribution in [1.29, 1.82) is 0 Å². The number of pyridine rings is 1. The zero-order valence-electron chi connectivity index (χ0n) is 11.3. The quantitative estimate of drug-likeness (QED) is 0.840. The van der Waals surface area contributed by atoms with Crippen LogP contribution in [0.25, 0.3) is 0 Å². The van der Waals surface area contributed by atoms with Gasteiger partial charge in [0, 0.05) is 18.9 Å². The standard InChI is InChI=1S/C13H23N3O/c1-13(2,3)11(17-5)10(15-4)9-7-6-8-16-12(9)14/h6-8,10-11,15H,1-5H3,(H2,14,16). The molecule has 1 aromatic heterocycles. The molecule has 96 valence electrons. The Morgan fingerprint density at radius 3 is 2.47 bits per heavy atom. The second-order valence-corrected chi connectivity index (χ2v) is 5.27. The Kier molecular flexibility index (Phi) is 4.48. The summed E-state index contributed by atoms with van der Waals surface area (Å²) in [5, 5.41) is 3.27. The molecule has 0 saturated heterocycles. The van der Waals surface area contributed by atoms with Crippen molar-refractivity contribution in [2.24, 2.45) is 5.41 Å². The Balaban J connectivity index is 3.10. The Morgan fingerprint density at radius 1 is 1.41 bits per heavy atom. The smallest absolute Gasteiger partial charge is 0.128 e. The molecule has 1 rings (SSSR count). The van der Waals surface area contributed by atoms with E-state index in [4.69, 9.17) is 10.5 Å². The third-order valence-corrected chi connectivity index (χ3v) is 2.93. The molecule has 0 radical (unpaired) electrons. The number of nitrogens with zero attached hydrogens (tertiary/aromatic N) is 1. The minimum atomic E-state index is 0.0186. The zero-order chi connectivity index (χ0) is 13.1. The summed E-state index contributed by atoms with van der Waals surface area (Å²) in [6.45, 7) is 6.45. The van der Waals surface area contributed by atoms with Crippen LogP contribution in [-0.4, -0.2) is 25.2 Å². The van der Waals surface area contributed by atoms with Gasteiger partial charge in [0.15, 0.2) is 0 Å². The highest BCUT2D eigenvalue weighted by molar-refractivity contribution is 5.41. The van der Waals surface area contributed by atoms with E-state index in [0.29, 0.717) is 5.82 Å². The minimum absolute atomic E-state index is 0.0186. The summed E-state index contributed by atoms with van der Waals surface area (Å²) < 4.78 is 5.63.